The van der Waals surface area contributed by atoms with Crippen LogP contribution in [0.25, 0.3) is 0 Å². The lowest BCUT2D eigenvalue weighted by atomic mass is 10.3. The Hall–Kier alpha value is -2.88. The second kappa shape index (κ2) is 6.55. The fraction of sp³-hybridized carbons (Fsp3) is 0.200. The molecule has 0 amide bonds. The lowest BCUT2D eigenvalue weighted by Gasteiger charge is -2.11. The summed E-state index contributed by atoms with van der Waals surface area (Å²) in [7, 11) is -4.04. The summed E-state index contributed by atoms with van der Waals surface area (Å²) < 4.78 is 51.4. The Bertz CT molecular complexity index is 932. The topological polar surface area (TPSA) is 108 Å². The van der Waals surface area contributed by atoms with E-state index in [2.05, 4.69) is 4.72 Å². The van der Waals surface area contributed by atoms with Crippen molar-refractivity contribution in [3.63, 3.8) is 0 Å². The van der Waals surface area contributed by atoms with Crippen LogP contribution in [0.15, 0.2) is 41.3 Å². The van der Waals surface area contributed by atoms with Gasteiger partial charge in [0.15, 0.2) is 11.5 Å². The first-order valence-electron chi connectivity index (χ1n) is 7.23. The van der Waals surface area contributed by atoms with Gasteiger partial charge in [0.25, 0.3) is 10.0 Å². The lowest BCUT2D eigenvalue weighted by Crippen LogP contribution is -2.13. The van der Waals surface area contributed by atoms with Gasteiger partial charge in [-0.2, -0.15) is 4.39 Å². The van der Waals surface area contributed by atoms with Crippen molar-refractivity contribution in [3.05, 3.63) is 52.3 Å². The molecular formula is C15H13FN2O6S. The van der Waals surface area contributed by atoms with E-state index in [0.29, 0.717) is 31.1 Å². The van der Waals surface area contributed by atoms with Gasteiger partial charge < -0.3 is 9.47 Å². The molecule has 2 aromatic rings. The summed E-state index contributed by atoms with van der Waals surface area (Å²) in [6, 6.07) is 6.85. The van der Waals surface area contributed by atoms with E-state index in [0.717, 1.165) is 18.2 Å². The van der Waals surface area contributed by atoms with Crippen molar-refractivity contribution in [2.24, 2.45) is 0 Å². The van der Waals surface area contributed by atoms with Gasteiger partial charge in [-0.15, -0.1) is 0 Å². The van der Waals surface area contributed by atoms with E-state index in [1.807, 2.05) is 0 Å². The highest BCUT2D eigenvalue weighted by Gasteiger charge is 2.21. The van der Waals surface area contributed by atoms with Gasteiger partial charge in [0.05, 0.1) is 28.7 Å². The largest absolute Gasteiger partial charge is 0.490 e. The van der Waals surface area contributed by atoms with Crippen molar-refractivity contribution in [1.29, 1.82) is 0 Å². The standard InChI is InChI=1S/C15H13FN2O6S/c16-12-4-2-10(8-13(12)18(19)20)17-25(21,22)11-3-5-14-15(9-11)24-7-1-6-23-14/h2-5,8-9,17H,1,6-7H2. The number of nitro groups is 1. The highest BCUT2D eigenvalue weighted by Crippen LogP contribution is 2.32. The summed E-state index contributed by atoms with van der Waals surface area (Å²) in [5.74, 6) is -0.317. The average Bonchev–Trinajstić information content (AvgIpc) is 2.80. The molecule has 0 unspecified atom stereocenters. The Morgan fingerprint density at radius 2 is 1.80 bits per heavy atom. The molecule has 0 atom stereocenters. The summed E-state index contributed by atoms with van der Waals surface area (Å²) in [6.07, 6.45) is 0.675. The second-order valence-electron chi connectivity index (χ2n) is 5.19. The smallest absolute Gasteiger partial charge is 0.306 e. The molecule has 0 aliphatic carbocycles. The number of nitro benzene ring substituents is 1. The van der Waals surface area contributed by atoms with E-state index in [4.69, 9.17) is 9.47 Å². The molecule has 8 nitrogen and oxygen atoms in total. The Balaban J connectivity index is 1.91. The molecule has 1 aliphatic heterocycles. The minimum absolute atomic E-state index is 0.108. The van der Waals surface area contributed by atoms with E-state index in [1.165, 1.54) is 18.2 Å². The maximum absolute atomic E-state index is 13.4. The van der Waals surface area contributed by atoms with Crippen molar-refractivity contribution in [1.82, 2.24) is 0 Å². The molecule has 0 bridgehead atoms. The first-order valence-corrected chi connectivity index (χ1v) is 8.71. The molecule has 0 radical (unpaired) electrons. The zero-order chi connectivity index (χ0) is 18.0. The zero-order valence-corrected chi connectivity index (χ0v) is 13.6. The molecule has 0 saturated heterocycles. The van der Waals surface area contributed by atoms with E-state index < -0.39 is 26.5 Å². The summed E-state index contributed by atoms with van der Waals surface area (Å²) in [5.41, 5.74) is -0.945. The van der Waals surface area contributed by atoms with Gasteiger partial charge in [0.1, 0.15) is 0 Å². The third-order valence-corrected chi connectivity index (χ3v) is 4.80. The molecule has 0 saturated carbocycles. The third-order valence-electron chi connectivity index (χ3n) is 3.42. The van der Waals surface area contributed by atoms with Gasteiger partial charge in [-0.3, -0.25) is 14.8 Å². The normalized spacial score (nSPS) is 13.8. The number of ether oxygens (including phenoxy) is 2. The van der Waals surface area contributed by atoms with Gasteiger partial charge in [-0.1, -0.05) is 0 Å². The zero-order valence-electron chi connectivity index (χ0n) is 12.8. The first kappa shape index (κ1) is 17.0. The number of fused-ring (bicyclic) bond motifs is 1. The summed E-state index contributed by atoms with van der Waals surface area (Å²) in [6.45, 7) is 0.866. The van der Waals surface area contributed by atoms with E-state index in [9.17, 15) is 22.9 Å². The molecule has 1 aliphatic rings. The van der Waals surface area contributed by atoms with Crippen LogP contribution in [-0.2, 0) is 10.0 Å². The molecule has 0 fully saturated rings. The maximum atomic E-state index is 13.4. The van der Waals surface area contributed by atoms with E-state index in [1.54, 1.807) is 0 Å². The number of hydrogen-bond acceptors (Lipinski definition) is 6. The highest BCUT2D eigenvalue weighted by molar-refractivity contribution is 7.92. The number of anilines is 1. The molecular weight excluding hydrogens is 355 g/mol. The van der Waals surface area contributed by atoms with Gasteiger partial charge in [-0.25, -0.2) is 8.42 Å². The quantitative estimate of drug-likeness (QED) is 0.657. The number of sulfonamides is 1. The molecule has 1 heterocycles. The molecule has 2 aromatic carbocycles. The molecule has 10 heteroatoms. The van der Waals surface area contributed by atoms with Crippen LogP contribution in [0.2, 0.25) is 0 Å². The highest BCUT2D eigenvalue weighted by atomic mass is 32.2. The number of nitrogens with one attached hydrogen (secondary N) is 1. The van der Waals surface area contributed by atoms with Crippen LogP contribution in [0.5, 0.6) is 11.5 Å². The van der Waals surface area contributed by atoms with Gasteiger partial charge in [0, 0.05) is 18.6 Å². The van der Waals surface area contributed by atoms with Crippen LogP contribution in [0.1, 0.15) is 6.42 Å². The number of hydrogen-bond donors (Lipinski definition) is 1. The van der Waals surface area contributed by atoms with E-state index >= 15 is 0 Å². The fourth-order valence-corrected chi connectivity index (χ4v) is 3.31. The van der Waals surface area contributed by atoms with Crippen molar-refractivity contribution in [2.75, 3.05) is 17.9 Å². The Labute approximate surface area is 142 Å². The van der Waals surface area contributed by atoms with Crippen LogP contribution in [0, 0.1) is 15.9 Å². The Morgan fingerprint density at radius 1 is 1.08 bits per heavy atom. The van der Waals surface area contributed by atoms with Crippen LogP contribution in [0.4, 0.5) is 15.8 Å². The first-order chi connectivity index (χ1) is 11.9. The summed E-state index contributed by atoms with van der Waals surface area (Å²) in [4.78, 5) is 9.72. The molecule has 132 valence electrons. The SMILES string of the molecule is O=[N+]([O-])c1cc(NS(=O)(=O)c2ccc3c(c2)OCCCO3)ccc1F. The number of halogens is 1. The minimum atomic E-state index is -4.04. The predicted molar refractivity (Wildman–Crippen MR) is 85.9 cm³/mol. The van der Waals surface area contributed by atoms with Crippen LogP contribution in [0.3, 0.4) is 0 Å². The molecule has 0 aromatic heterocycles. The minimum Gasteiger partial charge on any atom is -0.490 e. The second-order valence-corrected chi connectivity index (χ2v) is 6.87. The molecule has 25 heavy (non-hydrogen) atoms. The van der Waals surface area contributed by atoms with Gasteiger partial charge in [0.2, 0.25) is 5.82 Å². The Kier molecular flexibility index (Phi) is 4.45. The van der Waals surface area contributed by atoms with Crippen molar-refractivity contribution in [2.45, 2.75) is 11.3 Å². The van der Waals surface area contributed by atoms with E-state index in [-0.39, 0.29) is 10.6 Å². The monoisotopic (exact) mass is 368 g/mol. The number of rotatable bonds is 4. The van der Waals surface area contributed by atoms with Crippen LogP contribution < -0.4 is 14.2 Å². The summed E-state index contributed by atoms with van der Waals surface area (Å²) >= 11 is 0. The molecule has 0 spiro atoms. The lowest BCUT2D eigenvalue weighted by molar-refractivity contribution is -0.387. The Morgan fingerprint density at radius 3 is 2.52 bits per heavy atom. The van der Waals surface area contributed by atoms with Crippen LogP contribution >= 0.6 is 0 Å². The number of nitrogens with zero attached hydrogens (tertiary/aromatic N) is 1. The number of benzene rings is 2. The van der Waals surface area contributed by atoms with Crippen molar-refractivity contribution in [3.8, 4) is 11.5 Å². The average molecular weight is 368 g/mol. The van der Waals surface area contributed by atoms with Crippen LogP contribution in [-0.4, -0.2) is 26.6 Å². The predicted octanol–water partition coefficient (Wildman–Crippen LogP) is 2.70. The maximum Gasteiger partial charge on any atom is 0.306 e. The van der Waals surface area contributed by atoms with Crippen molar-refractivity contribution >= 4 is 21.4 Å². The molecule has 3 rings (SSSR count). The third kappa shape index (κ3) is 3.63. The van der Waals surface area contributed by atoms with Gasteiger partial charge in [-0.05, 0) is 24.3 Å². The van der Waals surface area contributed by atoms with Gasteiger partial charge >= 0.3 is 5.69 Å². The fourth-order valence-electron chi connectivity index (χ4n) is 2.24. The van der Waals surface area contributed by atoms with Crippen molar-refractivity contribution < 1.29 is 27.2 Å². The summed E-state index contributed by atoms with van der Waals surface area (Å²) in [5, 5.41) is 10.8. The molecule has 1 N–H and O–H groups in total.